The third kappa shape index (κ3) is 4.39. The van der Waals surface area contributed by atoms with Crippen molar-refractivity contribution in [1.82, 2.24) is 19.9 Å². The van der Waals surface area contributed by atoms with Crippen LogP contribution in [0.15, 0.2) is 158 Å². The average molecular weight is 587 g/mol. The lowest BCUT2D eigenvalue weighted by Gasteiger charge is -2.15. The van der Waals surface area contributed by atoms with Crippen molar-refractivity contribution in [1.29, 1.82) is 0 Å². The van der Waals surface area contributed by atoms with Gasteiger partial charge >= 0.3 is 0 Å². The van der Waals surface area contributed by atoms with Crippen molar-refractivity contribution in [3.05, 3.63) is 158 Å². The van der Waals surface area contributed by atoms with Crippen molar-refractivity contribution >= 4 is 43.5 Å². The maximum absolute atomic E-state index is 5.31. The molecule has 0 spiro atoms. The second-order valence-electron chi connectivity index (χ2n) is 11.5. The number of fused-ring (bicyclic) bond motifs is 6. The minimum atomic E-state index is 0.711. The van der Waals surface area contributed by atoms with E-state index in [1.807, 2.05) is 54.6 Å². The highest BCUT2D eigenvalue weighted by Gasteiger charge is 2.17. The molecule has 0 aliphatic rings. The summed E-state index contributed by atoms with van der Waals surface area (Å²) >= 11 is 0. The zero-order valence-corrected chi connectivity index (χ0v) is 24.8. The summed E-state index contributed by atoms with van der Waals surface area (Å²) in [5, 5.41) is 5.40. The molecule has 0 fully saturated rings. The molecule has 46 heavy (non-hydrogen) atoms. The highest BCUT2D eigenvalue weighted by atomic mass is 14.9. The highest BCUT2D eigenvalue weighted by molar-refractivity contribution is 6.21. The zero-order valence-electron chi connectivity index (χ0n) is 24.8. The number of aromatic nitrogens is 4. The van der Waals surface area contributed by atoms with Gasteiger partial charge in [-0.1, -0.05) is 121 Å². The third-order valence-electron chi connectivity index (χ3n) is 8.65. The largest absolute Gasteiger partial charge is 0.248 e. The van der Waals surface area contributed by atoms with Crippen molar-refractivity contribution in [2.45, 2.75) is 0 Å². The number of hydrogen-bond acceptors (Lipinski definition) is 4. The fourth-order valence-corrected chi connectivity index (χ4v) is 6.44. The molecule has 0 saturated carbocycles. The normalized spacial score (nSPS) is 11.5. The monoisotopic (exact) mass is 586 g/mol. The second-order valence-corrected chi connectivity index (χ2v) is 11.5. The van der Waals surface area contributed by atoms with Crippen LogP contribution in [-0.4, -0.2) is 19.9 Å². The Morgan fingerprint density at radius 1 is 0.304 bits per heavy atom. The first kappa shape index (κ1) is 26.2. The van der Waals surface area contributed by atoms with Crippen molar-refractivity contribution in [3.8, 4) is 45.2 Å². The molecule has 9 aromatic rings. The van der Waals surface area contributed by atoms with Crippen molar-refractivity contribution in [3.63, 3.8) is 0 Å². The summed E-state index contributed by atoms with van der Waals surface area (Å²) in [6.07, 6.45) is 0. The predicted octanol–water partition coefficient (Wildman–Crippen LogP) is 10.5. The van der Waals surface area contributed by atoms with E-state index < -0.39 is 0 Å². The van der Waals surface area contributed by atoms with Gasteiger partial charge in [0.2, 0.25) is 0 Å². The molecule has 6 aromatic carbocycles. The van der Waals surface area contributed by atoms with E-state index in [2.05, 4.69) is 103 Å². The lowest BCUT2D eigenvalue weighted by Crippen LogP contribution is -1.96. The molecule has 0 radical (unpaired) electrons. The van der Waals surface area contributed by atoms with E-state index in [4.69, 9.17) is 19.9 Å². The standard InChI is InChI=1S/C42H26N4/c1-4-12-27(13-5-1)35-24-22-32-37(43-35)25-21-31-34-26-30(20-23-38(34)44-41(39(31)32)28-14-6-2-7-15-28)40-33-18-10-11-19-36(33)45-42(46-40)29-16-8-3-9-17-29/h1-26H. The Morgan fingerprint density at radius 2 is 0.913 bits per heavy atom. The first-order chi connectivity index (χ1) is 22.8. The van der Waals surface area contributed by atoms with Gasteiger partial charge in [0.1, 0.15) is 0 Å². The van der Waals surface area contributed by atoms with Crippen LogP contribution in [0.4, 0.5) is 0 Å². The SMILES string of the molecule is c1ccc(-c2ccc3c(ccc4c5cc(-c6nc(-c7ccccc7)nc7ccccc67)ccc5nc(-c5ccccc5)c34)n2)cc1. The van der Waals surface area contributed by atoms with Gasteiger partial charge in [-0.15, -0.1) is 0 Å². The maximum Gasteiger partial charge on any atom is 0.160 e. The van der Waals surface area contributed by atoms with Gasteiger partial charge in [0.25, 0.3) is 0 Å². The van der Waals surface area contributed by atoms with Crippen molar-refractivity contribution in [2.75, 3.05) is 0 Å². The number of benzene rings is 6. The predicted molar refractivity (Wildman–Crippen MR) is 189 cm³/mol. The first-order valence-corrected chi connectivity index (χ1v) is 15.4. The summed E-state index contributed by atoms with van der Waals surface area (Å²) in [4.78, 5) is 20.5. The van der Waals surface area contributed by atoms with Crippen LogP contribution in [0.1, 0.15) is 0 Å². The average Bonchev–Trinajstić information content (AvgIpc) is 3.14. The van der Waals surface area contributed by atoms with Crippen molar-refractivity contribution in [2.24, 2.45) is 0 Å². The molecule has 3 heterocycles. The van der Waals surface area contributed by atoms with Gasteiger partial charge in [-0.05, 0) is 41.8 Å². The van der Waals surface area contributed by atoms with Gasteiger partial charge in [0.15, 0.2) is 5.82 Å². The molecule has 0 bridgehead atoms. The minimum Gasteiger partial charge on any atom is -0.248 e. The topological polar surface area (TPSA) is 51.6 Å². The van der Waals surface area contributed by atoms with E-state index in [1.54, 1.807) is 0 Å². The number of rotatable bonds is 4. The zero-order chi connectivity index (χ0) is 30.5. The summed E-state index contributed by atoms with van der Waals surface area (Å²) in [5.74, 6) is 0.711. The van der Waals surface area contributed by atoms with E-state index in [0.717, 1.165) is 82.8 Å². The van der Waals surface area contributed by atoms with Crippen LogP contribution in [0.2, 0.25) is 0 Å². The molecule has 0 amide bonds. The Morgan fingerprint density at radius 3 is 1.70 bits per heavy atom. The summed E-state index contributed by atoms with van der Waals surface area (Å²) in [6, 6.07) is 54.3. The summed E-state index contributed by atoms with van der Waals surface area (Å²) in [7, 11) is 0. The van der Waals surface area contributed by atoms with E-state index in [9.17, 15) is 0 Å². The van der Waals surface area contributed by atoms with Gasteiger partial charge in [0, 0.05) is 43.8 Å². The Balaban J connectivity index is 1.32. The molecule has 0 atom stereocenters. The van der Waals surface area contributed by atoms with Gasteiger partial charge in [-0.25, -0.2) is 19.9 Å². The quantitative estimate of drug-likeness (QED) is 0.193. The van der Waals surface area contributed by atoms with Crippen LogP contribution in [0.5, 0.6) is 0 Å². The first-order valence-electron chi connectivity index (χ1n) is 15.4. The Kier molecular flexibility index (Phi) is 6.10. The number of para-hydroxylation sites is 1. The molecule has 4 heteroatoms. The van der Waals surface area contributed by atoms with E-state index in [0.29, 0.717) is 5.82 Å². The van der Waals surface area contributed by atoms with E-state index in [-0.39, 0.29) is 0 Å². The smallest absolute Gasteiger partial charge is 0.160 e. The van der Waals surface area contributed by atoms with Gasteiger partial charge in [-0.3, -0.25) is 0 Å². The third-order valence-corrected chi connectivity index (χ3v) is 8.65. The van der Waals surface area contributed by atoms with E-state index >= 15 is 0 Å². The molecule has 0 aliphatic carbocycles. The van der Waals surface area contributed by atoms with Gasteiger partial charge in [-0.2, -0.15) is 0 Å². The van der Waals surface area contributed by atoms with Crippen LogP contribution >= 0.6 is 0 Å². The van der Waals surface area contributed by atoms with Crippen LogP contribution in [0.25, 0.3) is 88.6 Å². The summed E-state index contributed by atoms with van der Waals surface area (Å²) in [5.41, 5.74) is 9.79. The second kappa shape index (κ2) is 10.7. The number of pyridine rings is 2. The molecule has 0 unspecified atom stereocenters. The molecule has 3 aromatic heterocycles. The molecule has 9 rings (SSSR count). The molecule has 4 nitrogen and oxygen atoms in total. The number of hydrogen-bond donors (Lipinski definition) is 0. The lowest BCUT2D eigenvalue weighted by molar-refractivity contribution is 1.23. The Hall–Kier alpha value is -6.26. The van der Waals surface area contributed by atoms with Crippen LogP contribution in [0, 0.1) is 0 Å². The maximum atomic E-state index is 5.31. The minimum absolute atomic E-state index is 0.711. The van der Waals surface area contributed by atoms with E-state index in [1.165, 1.54) is 0 Å². The highest BCUT2D eigenvalue weighted by Crippen LogP contribution is 2.39. The fraction of sp³-hybridized carbons (Fsp3) is 0. The summed E-state index contributed by atoms with van der Waals surface area (Å²) in [6.45, 7) is 0. The molecule has 0 N–H and O–H groups in total. The van der Waals surface area contributed by atoms with Crippen LogP contribution < -0.4 is 0 Å². The van der Waals surface area contributed by atoms with Crippen LogP contribution in [0.3, 0.4) is 0 Å². The molecule has 0 saturated heterocycles. The van der Waals surface area contributed by atoms with Gasteiger partial charge < -0.3 is 0 Å². The molecule has 0 aliphatic heterocycles. The van der Waals surface area contributed by atoms with Crippen LogP contribution in [-0.2, 0) is 0 Å². The molecular formula is C42H26N4. The lowest BCUT2D eigenvalue weighted by atomic mass is 9.94. The summed E-state index contributed by atoms with van der Waals surface area (Å²) < 4.78 is 0. The van der Waals surface area contributed by atoms with Gasteiger partial charge in [0.05, 0.1) is 33.6 Å². The number of nitrogens with zero attached hydrogens (tertiary/aromatic N) is 4. The molecule has 214 valence electrons. The van der Waals surface area contributed by atoms with Crippen molar-refractivity contribution < 1.29 is 0 Å². The fourth-order valence-electron chi connectivity index (χ4n) is 6.44. The Labute approximate surface area is 265 Å². The Bertz CT molecular complexity index is 2560. The molecular weight excluding hydrogens is 560 g/mol.